The molecule has 0 aliphatic rings. The van der Waals surface area contributed by atoms with Gasteiger partial charge in [0, 0.05) is 18.1 Å². The number of benzene rings is 4. The Bertz CT molecular complexity index is 1040. The Balaban J connectivity index is 1.56. The number of hydrogen-bond acceptors (Lipinski definition) is 0. The van der Waals surface area contributed by atoms with E-state index in [0.717, 1.165) is 34.4 Å². The molecule has 0 aliphatic heterocycles. The van der Waals surface area contributed by atoms with Crippen LogP contribution in [0.5, 0.6) is 0 Å². The molecule has 0 atom stereocenters. The van der Waals surface area contributed by atoms with Crippen molar-refractivity contribution in [3.63, 3.8) is 0 Å². The summed E-state index contributed by atoms with van der Waals surface area (Å²) in [6, 6.07) is 22.0. The Morgan fingerprint density at radius 2 is 0.733 bits per heavy atom. The number of rotatable bonds is 4. The Labute approximate surface area is 172 Å². The Hall–Kier alpha value is -3.40. The largest absolute Gasteiger partial charge is 0.207 e. The van der Waals surface area contributed by atoms with Crippen molar-refractivity contribution in [2.75, 3.05) is 0 Å². The van der Waals surface area contributed by atoms with Gasteiger partial charge in [-0.05, 0) is 57.6 Å². The summed E-state index contributed by atoms with van der Waals surface area (Å²) in [5, 5.41) is 0. The van der Waals surface area contributed by atoms with Gasteiger partial charge in [0.1, 0.15) is 23.3 Å². The Morgan fingerprint density at radius 1 is 0.433 bits per heavy atom. The lowest BCUT2D eigenvalue weighted by atomic mass is 9.90. The first-order valence-electron chi connectivity index (χ1n) is 9.52. The lowest BCUT2D eigenvalue weighted by Gasteiger charge is -2.14. The summed E-state index contributed by atoms with van der Waals surface area (Å²) in [6.45, 7) is 2.05. The van der Waals surface area contributed by atoms with Crippen molar-refractivity contribution >= 4 is 0 Å². The minimum Gasteiger partial charge on any atom is -0.207 e. The van der Waals surface area contributed by atoms with Gasteiger partial charge in [-0.3, -0.25) is 0 Å². The summed E-state index contributed by atoms with van der Waals surface area (Å²) < 4.78 is 53.8. The molecule has 4 aromatic carbocycles. The third-order valence-corrected chi connectivity index (χ3v) is 5.21. The van der Waals surface area contributed by atoms with Gasteiger partial charge in [0.2, 0.25) is 0 Å². The van der Waals surface area contributed by atoms with Crippen molar-refractivity contribution in [3.05, 3.63) is 119 Å². The summed E-state index contributed by atoms with van der Waals surface area (Å²) in [5.41, 5.74) is 4.51. The monoisotopic (exact) mass is 406 g/mol. The standard InChI is InChI=1S/C26H18F4/c1-16(17-2-6-19(7-3-17)21-10-23(27)14-24(28)11-21)18-4-8-20(9-5-18)22-12-25(29)15-26(30)13-22/h2-16H,1H3. The molecule has 0 bridgehead atoms. The highest BCUT2D eigenvalue weighted by Gasteiger charge is 2.11. The molecule has 4 heteroatoms. The fraction of sp³-hybridized carbons (Fsp3) is 0.0769. The fourth-order valence-electron chi connectivity index (χ4n) is 3.56. The molecule has 0 saturated carbocycles. The average Bonchev–Trinajstić information content (AvgIpc) is 2.72. The van der Waals surface area contributed by atoms with E-state index in [4.69, 9.17) is 0 Å². The van der Waals surface area contributed by atoms with Crippen LogP contribution in [0.1, 0.15) is 24.0 Å². The molecule has 0 saturated heterocycles. The van der Waals surface area contributed by atoms with Crippen LogP contribution >= 0.6 is 0 Å². The van der Waals surface area contributed by atoms with Crippen molar-refractivity contribution in [1.29, 1.82) is 0 Å². The second-order valence-corrected chi connectivity index (χ2v) is 7.28. The van der Waals surface area contributed by atoms with Crippen LogP contribution in [0.4, 0.5) is 17.6 Å². The maximum atomic E-state index is 13.5. The highest BCUT2D eigenvalue weighted by atomic mass is 19.1. The molecule has 0 radical (unpaired) electrons. The van der Waals surface area contributed by atoms with Gasteiger partial charge in [-0.1, -0.05) is 55.5 Å². The van der Waals surface area contributed by atoms with Crippen molar-refractivity contribution in [2.45, 2.75) is 12.8 Å². The van der Waals surface area contributed by atoms with Crippen LogP contribution in [0.2, 0.25) is 0 Å². The average molecular weight is 406 g/mol. The summed E-state index contributed by atoms with van der Waals surface area (Å²) in [6.07, 6.45) is 0. The second kappa shape index (κ2) is 8.15. The summed E-state index contributed by atoms with van der Waals surface area (Å²) in [4.78, 5) is 0. The zero-order valence-corrected chi connectivity index (χ0v) is 16.2. The van der Waals surface area contributed by atoms with E-state index in [-0.39, 0.29) is 5.92 Å². The van der Waals surface area contributed by atoms with Gasteiger partial charge in [-0.25, -0.2) is 17.6 Å². The van der Waals surface area contributed by atoms with Crippen molar-refractivity contribution in [1.82, 2.24) is 0 Å². The molecular weight excluding hydrogens is 388 g/mol. The first-order chi connectivity index (χ1) is 14.4. The van der Waals surface area contributed by atoms with Crippen LogP contribution in [-0.4, -0.2) is 0 Å². The van der Waals surface area contributed by atoms with E-state index in [1.807, 2.05) is 55.5 Å². The molecule has 0 aromatic heterocycles. The molecule has 30 heavy (non-hydrogen) atoms. The van der Waals surface area contributed by atoms with Crippen molar-refractivity contribution < 1.29 is 17.6 Å². The SMILES string of the molecule is CC(c1ccc(-c2cc(F)cc(F)c2)cc1)c1ccc(-c2cc(F)cc(F)c2)cc1. The zero-order chi connectivity index (χ0) is 21.3. The molecule has 0 nitrogen and oxygen atoms in total. The fourth-order valence-corrected chi connectivity index (χ4v) is 3.56. The van der Waals surface area contributed by atoms with Crippen LogP contribution in [0.3, 0.4) is 0 Å². The van der Waals surface area contributed by atoms with E-state index in [0.29, 0.717) is 11.1 Å². The normalized spacial score (nSPS) is 11.1. The maximum Gasteiger partial charge on any atom is 0.126 e. The minimum atomic E-state index is -0.610. The van der Waals surface area contributed by atoms with Crippen LogP contribution < -0.4 is 0 Å². The van der Waals surface area contributed by atoms with Gasteiger partial charge in [0.05, 0.1) is 0 Å². The van der Waals surface area contributed by atoms with Gasteiger partial charge in [-0.2, -0.15) is 0 Å². The van der Waals surface area contributed by atoms with Crippen LogP contribution in [0.15, 0.2) is 84.9 Å². The van der Waals surface area contributed by atoms with Gasteiger partial charge in [-0.15, -0.1) is 0 Å². The molecule has 0 spiro atoms. The van der Waals surface area contributed by atoms with E-state index < -0.39 is 23.3 Å². The molecule has 4 rings (SSSR count). The van der Waals surface area contributed by atoms with Gasteiger partial charge in [0.25, 0.3) is 0 Å². The lowest BCUT2D eigenvalue weighted by Crippen LogP contribution is -1.96. The summed E-state index contributed by atoms with van der Waals surface area (Å²) >= 11 is 0. The van der Waals surface area contributed by atoms with E-state index in [2.05, 4.69) is 0 Å². The molecule has 4 aromatic rings. The topological polar surface area (TPSA) is 0 Å². The first-order valence-corrected chi connectivity index (χ1v) is 9.52. The molecule has 0 aliphatic carbocycles. The minimum absolute atomic E-state index is 0.0709. The molecule has 0 heterocycles. The lowest BCUT2D eigenvalue weighted by molar-refractivity contribution is 0.583. The van der Waals surface area contributed by atoms with Crippen molar-refractivity contribution in [3.8, 4) is 22.3 Å². The van der Waals surface area contributed by atoms with Crippen molar-refractivity contribution in [2.24, 2.45) is 0 Å². The van der Waals surface area contributed by atoms with E-state index in [1.54, 1.807) is 0 Å². The molecule has 150 valence electrons. The molecular formula is C26H18F4. The van der Waals surface area contributed by atoms with Gasteiger partial charge >= 0.3 is 0 Å². The molecule has 0 fully saturated rings. The third kappa shape index (κ3) is 4.28. The second-order valence-electron chi connectivity index (χ2n) is 7.28. The van der Waals surface area contributed by atoms with Gasteiger partial charge < -0.3 is 0 Å². The predicted octanol–water partition coefficient (Wildman–Crippen LogP) is 7.73. The smallest absolute Gasteiger partial charge is 0.126 e. The highest BCUT2D eigenvalue weighted by Crippen LogP contribution is 2.30. The molecule has 0 N–H and O–H groups in total. The van der Waals surface area contributed by atoms with Crippen LogP contribution in [0.25, 0.3) is 22.3 Å². The summed E-state index contributed by atoms with van der Waals surface area (Å²) in [7, 11) is 0. The van der Waals surface area contributed by atoms with Crippen LogP contribution in [0, 0.1) is 23.3 Å². The number of halogens is 4. The summed E-state index contributed by atoms with van der Waals surface area (Å²) in [5.74, 6) is -2.37. The van der Waals surface area contributed by atoms with Gasteiger partial charge in [0.15, 0.2) is 0 Å². The number of hydrogen-bond donors (Lipinski definition) is 0. The molecule has 0 amide bonds. The Morgan fingerprint density at radius 3 is 1.03 bits per heavy atom. The Kier molecular flexibility index (Phi) is 5.40. The molecule has 0 unspecified atom stereocenters. The van der Waals surface area contributed by atoms with E-state index in [1.165, 1.54) is 24.3 Å². The van der Waals surface area contributed by atoms with E-state index >= 15 is 0 Å². The predicted molar refractivity (Wildman–Crippen MR) is 111 cm³/mol. The van der Waals surface area contributed by atoms with E-state index in [9.17, 15) is 17.6 Å². The quantitative estimate of drug-likeness (QED) is 0.304. The third-order valence-electron chi connectivity index (χ3n) is 5.21. The zero-order valence-electron chi connectivity index (χ0n) is 16.2. The first kappa shape index (κ1) is 19.9. The maximum absolute atomic E-state index is 13.5. The van der Waals surface area contributed by atoms with Crippen LogP contribution in [-0.2, 0) is 0 Å². The highest BCUT2D eigenvalue weighted by molar-refractivity contribution is 5.65.